The molecule has 3 N–H and O–H groups in total. The summed E-state index contributed by atoms with van der Waals surface area (Å²) >= 11 is 0. The third kappa shape index (κ3) is 5.35. The number of hydrogen-bond acceptors (Lipinski definition) is 3. The first-order valence-electron chi connectivity index (χ1n) is 10.8. The van der Waals surface area contributed by atoms with Crippen molar-refractivity contribution >= 4 is 22.6 Å². The molecule has 0 unspecified atom stereocenters. The van der Waals surface area contributed by atoms with Crippen LogP contribution < -0.4 is 5.73 Å². The van der Waals surface area contributed by atoms with E-state index < -0.39 is 0 Å². The van der Waals surface area contributed by atoms with Crippen molar-refractivity contribution in [3.05, 3.63) is 95.3 Å². The smallest absolute Gasteiger partial charge is 0.227 e. The number of rotatable bonds is 6. The second-order valence-corrected chi connectivity index (χ2v) is 7.77. The van der Waals surface area contributed by atoms with Gasteiger partial charge >= 0.3 is 0 Å². The summed E-state index contributed by atoms with van der Waals surface area (Å²) in [6.45, 7) is 3.23. The molecule has 1 heterocycles. The highest BCUT2D eigenvalue weighted by atomic mass is 16.2. The highest BCUT2D eigenvalue weighted by molar-refractivity contribution is 5.79. The Hall–Kier alpha value is -4.04. The summed E-state index contributed by atoms with van der Waals surface area (Å²) in [5.41, 5.74) is 11.1. The molecule has 4 aromatic rings. The number of fused-ring (bicyclic) bond motifs is 1. The Morgan fingerprint density at radius 3 is 2.47 bits per heavy atom. The molecule has 0 saturated heterocycles. The summed E-state index contributed by atoms with van der Waals surface area (Å²) in [6, 6.07) is 23.2. The molecule has 5 heteroatoms. The van der Waals surface area contributed by atoms with Gasteiger partial charge in [0, 0.05) is 23.4 Å². The van der Waals surface area contributed by atoms with Gasteiger partial charge < -0.3 is 15.6 Å². The van der Waals surface area contributed by atoms with Gasteiger partial charge in [-0.05, 0) is 54.4 Å². The Balaban J connectivity index is 1.49. The number of nitrogen functional groups attached to an aromatic ring is 1. The van der Waals surface area contributed by atoms with Gasteiger partial charge in [-0.1, -0.05) is 49.1 Å². The predicted molar refractivity (Wildman–Crippen MR) is 129 cm³/mol. The molecule has 32 heavy (non-hydrogen) atoms. The number of aromatic amines is 1. The number of nitrogens with two attached hydrogens (primary N) is 1. The molecule has 0 bridgehead atoms. The molecule has 0 aliphatic carbocycles. The van der Waals surface area contributed by atoms with Crippen molar-refractivity contribution in [1.82, 2.24) is 14.9 Å². The summed E-state index contributed by atoms with van der Waals surface area (Å²) in [6.07, 6.45) is 1.29. The van der Waals surface area contributed by atoms with Crippen LogP contribution in [0.5, 0.6) is 0 Å². The highest BCUT2D eigenvalue weighted by Crippen LogP contribution is 2.16. The number of carbonyl (C=O) groups is 1. The molecular weight excluding hydrogens is 396 g/mol. The summed E-state index contributed by atoms with van der Waals surface area (Å²) < 4.78 is 0. The maximum absolute atomic E-state index is 12.9. The van der Waals surface area contributed by atoms with Crippen LogP contribution in [0.1, 0.15) is 35.9 Å². The third-order valence-corrected chi connectivity index (χ3v) is 5.18. The van der Waals surface area contributed by atoms with Crippen LogP contribution in [-0.4, -0.2) is 27.3 Å². The van der Waals surface area contributed by atoms with Crippen LogP contribution in [0.2, 0.25) is 0 Å². The Bertz CT molecular complexity index is 1260. The topological polar surface area (TPSA) is 75.0 Å². The first-order chi connectivity index (χ1) is 15.6. The van der Waals surface area contributed by atoms with E-state index in [2.05, 4.69) is 28.7 Å². The van der Waals surface area contributed by atoms with Gasteiger partial charge in [0.2, 0.25) is 5.91 Å². The van der Waals surface area contributed by atoms with E-state index in [4.69, 9.17) is 5.73 Å². The molecule has 0 radical (unpaired) electrons. The SMILES string of the molecule is CCCN(Cc1nc2ccc(C#Cc3ccc(N)cc3)cc2[nH]1)C(=O)Cc1ccccc1. The fraction of sp³-hybridized carbons (Fsp3) is 0.185. The van der Waals surface area contributed by atoms with Crippen LogP contribution in [0, 0.1) is 11.8 Å². The fourth-order valence-electron chi connectivity index (χ4n) is 3.55. The van der Waals surface area contributed by atoms with Gasteiger partial charge in [-0.3, -0.25) is 4.79 Å². The molecular formula is C27H26N4O. The summed E-state index contributed by atoms with van der Waals surface area (Å²) in [7, 11) is 0. The van der Waals surface area contributed by atoms with E-state index in [-0.39, 0.29) is 5.91 Å². The average Bonchev–Trinajstić information content (AvgIpc) is 3.21. The Kier molecular flexibility index (Phi) is 6.52. The molecule has 160 valence electrons. The van der Waals surface area contributed by atoms with E-state index in [9.17, 15) is 4.79 Å². The van der Waals surface area contributed by atoms with Crippen LogP contribution in [0.3, 0.4) is 0 Å². The summed E-state index contributed by atoms with van der Waals surface area (Å²) in [4.78, 5) is 22.8. The van der Waals surface area contributed by atoms with Gasteiger partial charge in [0.05, 0.1) is 24.0 Å². The minimum absolute atomic E-state index is 0.105. The maximum Gasteiger partial charge on any atom is 0.227 e. The predicted octanol–water partition coefficient (Wildman–Crippen LogP) is 4.53. The summed E-state index contributed by atoms with van der Waals surface area (Å²) in [5.74, 6) is 7.22. The standard InChI is InChI=1S/C27H26N4O/c1-2-16-31(27(32)18-21-6-4-3-5-7-21)19-26-29-24-15-12-22(17-25(24)30-26)9-8-20-10-13-23(28)14-11-20/h3-7,10-15,17H,2,16,18-19,28H2,1H3,(H,29,30). The molecule has 4 rings (SSSR count). The normalized spacial score (nSPS) is 10.5. The zero-order valence-electron chi connectivity index (χ0n) is 18.1. The lowest BCUT2D eigenvalue weighted by atomic mass is 10.1. The largest absolute Gasteiger partial charge is 0.399 e. The van der Waals surface area contributed by atoms with Crippen LogP contribution in [0.25, 0.3) is 11.0 Å². The summed E-state index contributed by atoms with van der Waals surface area (Å²) in [5, 5.41) is 0. The zero-order chi connectivity index (χ0) is 22.3. The van der Waals surface area contributed by atoms with Gasteiger partial charge in [0.25, 0.3) is 0 Å². The van der Waals surface area contributed by atoms with Crippen LogP contribution in [0.15, 0.2) is 72.8 Å². The van der Waals surface area contributed by atoms with E-state index in [0.717, 1.165) is 45.7 Å². The van der Waals surface area contributed by atoms with E-state index in [0.29, 0.717) is 19.5 Å². The second kappa shape index (κ2) is 9.84. The number of carbonyl (C=O) groups excluding carboxylic acids is 1. The number of hydrogen-bond donors (Lipinski definition) is 2. The van der Waals surface area contributed by atoms with Crippen molar-refractivity contribution in [3.8, 4) is 11.8 Å². The van der Waals surface area contributed by atoms with E-state index in [1.807, 2.05) is 77.7 Å². The number of imidazole rings is 1. The highest BCUT2D eigenvalue weighted by Gasteiger charge is 2.16. The minimum Gasteiger partial charge on any atom is -0.399 e. The van der Waals surface area contributed by atoms with Crippen LogP contribution in [-0.2, 0) is 17.8 Å². The van der Waals surface area contributed by atoms with E-state index >= 15 is 0 Å². The molecule has 0 saturated carbocycles. The number of H-pyrrole nitrogens is 1. The van der Waals surface area contributed by atoms with Gasteiger partial charge in [0.1, 0.15) is 5.82 Å². The zero-order valence-corrected chi connectivity index (χ0v) is 18.1. The lowest BCUT2D eigenvalue weighted by Gasteiger charge is -2.21. The molecule has 1 aromatic heterocycles. The number of anilines is 1. The monoisotopic (exact) mass is 422 g/mol. The molecule has 0 atom stereocenters. The molecule has 0 fully saturated rings. The Labute approximate surface area is 188 Å². The van der Waals surface area contributed by atoms with Crippen molar-refractivity contribution in [2.24, 2.45) is 0 Å². The van der Waals surface area contributed by atoms with Gasteiger partial charge in [0.15, 0.2) is 0 Å². The first kappa shape index (κ1) is 21.2. The lowest BCUT2D eigenvalue weighted by Crippen LogP contribution is -2.33. The lowest BCUT2D eigenvalue weighted by molar-refractivity contribution is -0.131. The van der Waals surface area contributed by atoms with Crippen molar-refractivity contribution in [2.75, 3.05) is 12.3 Å². The average molecular weight is 423 g/mol. The molecule has 3 aromatic carbocycles. The quantitative estimate of drug-likeness (QED) is 0.354. The molecule has 0 aliphatic heterocycles. The van der Waals surface area contributed by atoms with Crippen molar-refractivity contribution < 1.29 is 4.79 Å². The van der Waals surface area contributed by atoms with Crippen molar-refractivity contribution in [3.63, 3.8) is 0 Å². The third-order valence-electron chi connectivity index (χ3n) is 5.18. The number of benzene rings is 3. The molecule has 1 amide bonds. The number of amides is 1. The molecule has 5 nitrogen and oxygen atoms in total. The second-order valence-electron chi connectivity index (χ2n) is 7.77. The van der Waals surface area contributed by atoms with Crippen molar-refractivity contribution in [1.29, 1.82) is 0 Å². The molecule has 0 spiro atoms. The Morgan fingerprint density at radius 2 is 1.72 bits per heavy atom. The van der Waals surface area contributed by atoms with E-state index in [1.54, 1.807) is 0 Å². The number of aromatic nitrogens is 2. The first-order valence-corrected chi connectivity index (χ1v) is 10.8. The van der Waals surface area contributed by atoms with Crippen molar-refractivity contribution in [2.45, 2.75) is 26.3 Å². The fourth-order valence-corrected chi connectivity index (χ4v) is 3.55. The minimum atomic E-state index is 0.105. The number of nitrogens with one attached hydrogen (secondary N) is 1. The maximum atomic E-state index is 12.9. The Morgan fingerprint density at radius 1 is 1.00 bits per heavy atom. The van der Waals surface area contributed by atoms with Gasteiger partial charge in [-0.15, -0.1) is 0 Å². The van der Waals surface area contributed by atoms with Gasteiger partial charge in [-0.25, -0.2) is 4.98 Å². The van der Waals surface area contributed by atoms with Crippen LogP contribution >= 0.6 is 0 Å². The van der Waals surface area contributed by atoms with Crippen LogP contribution in [0.4, 0.5) is 5.69 Å². The van der Waals surface area contributed by atoms with E-state index in [1.165, 1.54) is 0 Å². The van der Waals surface area contributed by atoms with Gasteiger partial charge in [-0.2, -0.15) is 0 Å². The molecule has 0 aliphatic rings. The number of nitrogens with zero attached hydrogens (tertiary/aromatic N) is 2.